The number of hydrogen-bond donors (Lipinski definition) is 4. The van der Waals surface area contributed by atoms with Crippen LogP contribution in [0.2, 0.25) is 0 Å². The molecule has 16 saturated carbocycles. The van der Waals surface area contributed by atoms with Crippen molar-refractivity contribution in [1.29, 1.82) is 0 Å². The molecule has 3 aromatic carbocycles. The lowest BCUT2D eigenvalue weighted by molar-refractivity contribution is -0.151. The van der Waals surface area contributed by atoms with Gasteiger partial charge in [-0.15, -0.1) is 10.2 Å². The molecule has 0 aliphatic heterocycles. The second-order valence-corrected chi connectivity index (χ2v) is 57.1. The highest BCUT2D eigenvalue weighted by molar-refractivity contribution is 5.87. The summed E-state index contributed by atoms with van der Waals surface area (Å²) in [6.45, 7) is 45.6. The van der Waals surface area contributed by atoms with Gasteiger partial charge in [0.2, 0.25) is 0 Å². The molecule has 5 heterocycles. The fourth-order valence-electron chi connectivity index (χ4n) is 40.4. The first-order valence-electron chi connectivity index (χ1n) is 58.9. The van der Waals surface area contributed by atoms with Gasteiger partial charge in [0.25, 0.3) is 0 Å². The van der Waals surface area contributed by atoms with E-state index in [1.165, 1.54) is 109 Å². The number of ether oxygens (including phenoxy) is 3. The zero-order valence-electron chi connectivity index (χ0n) is 94.1. The zero-order chi connectivity index (χ0) is 105. The van der Waals surface area contributed by atoms with E-state index in [0.29, 0.717) is 164 Å². The summed E-state index contributed by atoms with van der Waals surface area (Å²) in [5.74, 6) is 17.9. The summed E-state index contributed by atoms with van der Waals surface area (Å²) in [6, 6.07) is 19.2. The Morgan fingerprint density at radius 2 is 0.703 bits per heavy atom. The SMILES string of the molecule is COc1ccc2c(c1)nnn2CC(=O)[C@H]1[C@H](C(C)C)C[C@H]2[C@@H]3CC[C@H]4C[C@](C)(O)CC[C@]4(C)[C@H]3CC[C@@]21C.COc1ccc2nn(CC(=O)[C@H]3[C@H](C(C)C)C[C@H]4[C@@H]5CC[C@H]6C[C@](C)(O)CC[C@]6(C)[C@H]5CC[C@@]43C)nc2c1.COc1ccc2nnn(CC(=O)[C@H]3[C@H](C(C)C)C[C@H]4[C@@H]5CC[C@H]6C[C@](C)(O)CC[C@]6(C)[C@H]5CC[C@@]43C)c2c1.C[C@@H]1C[C@H]2[C@@H]3CC[C@H]4C[C@](C)(O)CC[C@]4(C)[C@H]3CC[C@]2(C)[C@H]1C(=O)Cn1cc2ccncc2n1. The van der Waals surface area contributed by atoms with Crippen molar-refractivity contribution >= 4 is 67.1 Å². The van der Waals surface area contributed by atoms with Crippen LogP contribution >= 0.6 is 0 Å². The van der Waals surface area contributed by atoms with Crippen LogP contribution in [-0.2, 0) is 45.4 Å². The maximum absolute atomic E-state index is 14.3. The third-order valence-corrected chi connectivity index (χ3v) is 48.1. The number of carbonyl (C=O) groups is 4. The van der Waals surface area contributed by atoms with Gasteiger partial charge in [-0.2, -0.15) is 20.1 Å². The number of hydrogen-bond acceptors (Lipinski definition) is 19. The Morgan fingerprint density at radius 1 is 0.351 bits per heavy atom. The molecule has 0 saturated heterocycles. The van der Waals surface area contributed by atoms with E-state index in [1.807, 2.05) is 99.2 Å². The lowest BCUT2D eigenvalue weighted by Crippen LogP contribution is -2.55. The summed E-state index contributed by atoms with van der Waals surface area (Å²) in [7, 11) is 4.96. The molecule has 148 heavy (non-hydrogen) atoms. The Morgan fingerprint density at radius 3 is 1.11 bits per heavy atom. The van der Waals surface area contributed by atoms with E-state index in [0.717, 1.165) is 187 Å². The van der Waals surface area contributed by atoms with E-state index >= 15 is 0 Å². The Balaban J connectivity index is 0.000000116. The molecular formula is C125H182N12O11. The topological polar surface area (TPSA) is 300 Å². The average Bonchev–Trinajstić information content (AvgIpc) is 1.51. The first-order chi connectivity index (χ1) is 70.0. The van der Waals surface area contributed by atoms with E-state index in [1.54, 1.807) is 47.9 Å². The Bertz CT molecular complexity index is 6190. The highest BCUT2D eigenvalue weighted by atomic mass is 16.5. The molecule has 0 amide bonds. The summed E-state index contributed by atoms with van der Waals surface area (Å²) in [5.41, 5.74) is 5.40. The summed E-state index contributed by atoms with van der Waals surface area (Å²) in [5, 5.41) is 75.7. The normalized spacial score (nSPS) is 43.3. The minimum Gasteiger partial charge on any atom is -0.497 e. The van der Waals surface area contributed by atoms with Gasteiger partial charge in [-0.3, -0.25) is 28.8 Å². The number of rotatable bonds is 18. The van der Waals surface area contributed by atoms with E-state index in [4.69, 9.17) is 14.2 Å². The predicted molar refractivity (Wildman–Crippen MR) is 579 cm³/mol. The van der Waals surface area contributed by atoms with Crippen LogP contribution in [0.25, 0.3) is 44.0 Å². The minimum atomic E-state index is -0.497. The molecule has 36 atom stereocenters. The Labute approximate surface area is 881 Å². The van der Waals surface area contributed by atoms with Crippen molar-refractivity contribution in [1.82, 2.24) is 59.7 Å². The van der Waals surface area contributed by atoms with Crippen molar-refractivity contribution in [3.63, 3.8) is 0 Å². The molecule has 808 valence electrons. The Kier molecular flexibility index (Phi) is 27.8. The number of methoxy groups -OCH3 is 3. The van der Waals surface area contributed by atoms with Crippen LogP contribution in [0.1, 0.15) is 337 Å². The van der Waals surface area contributed by atoms with Gasteiger partial charge in [-0.25, -0.2) is 9.36 Å². The van der Waals surface area contributed by atoms with Crippen molar-refractivity contribution in [2.24, 2.45) is 203 Å². The van der Waals surface area contributed by atoms with Crippen molar-refractivity contribution in [3.8, 4) is 17.2 Å². The molecule has 23 nitrogen and oxygen atoms in total. The molecular weight excluding hydrogens is 1850 g/mol. The summed E-state index contributed by atoms with van der Waals surface area (Å²) >= 11 is 0. The van der Waals surface area contributed by atoms with Gasteiger partial charge in [0.1, 0.15) is 64.5 Å². The number of pyridine rings is 1. The summed E-state index contributed by atoms with van der Waals surface area (Å²) < 4.78 is 21.5. The van der Waals surface area contributed by atoms with Crippen molar-refractivity contribution in [2.45, 2.75) is 386 Å². The van der Waals surface area contributed by atoms with Crippen LogP contribution in [0.15, 0.2) is 79.3 Å². The lowest BCUT2D eigenvalue weighted by atomic mass is 9.44. The summed E-state index contributed by atoms with van der Waals surface area (Å²) in [4.78, 5) is 62.2. The zero-order valence-corrected chi connectivity index (χ0v) is 94.1. The van der Waals surface area contributed by atoms with Gasteiger partial charge in [-0.05, 0) is 455 Å². The van der Waals surface area contributed by atoms with E-state index in [-0.39, 0.29) is 58.4 Å². The molecule has 0 spiro atoms. The first-order valence-corrected chi connectivity index (χ1v) is 58.9. The van der Waals surface area contributed by atoms with Crippen LogP contribution in [0.3, 0.4) is 0 Å². The number of Topliss-reactive ketones (excluding diaryl/α,β-unsaturated/α-hetero) is 4. The standard InChI is InChI=1S/3C32H47N3O3.C29H41N3O2/c1-19(2)23-16-25-22-9-7-20-17-30(3,37)13-14-31(20,4)24(22)11-12-32(25,5)29(23)28(36)18-35-27-10-8-21(38-6)15-26(27)33-34-35;1-19(2)23-16-25-22-9-7-20-17-30(3,37)13-14-31(20,4)24(22)11-12-32(25,5)29(23)28(36)18-35-27-15-21(38-6)8-10-26(27)33-34-35;1-19(2)23-16-25-22-9-7-20-17-30(3,37)13-14-31(20,4)24(22)11-12-32(25,5)29(23)28(36)18-35-33-26-10-8-21(38-6)15-27(26)34-35;1-18-13-23-21-6-5-20-14-27(2,34)10-11-28(20,3)22(21)7-9-29(23,4)26(18)25(33)17-32-16-19-8-12-30-15-24(19)31-32/h3*8,10,15,19-20,22-25,29,37H,7,9,11-14,16-18H2,1-6H3;8,12,15-16,18,20-23,26,34H,5-7,9-11,13-14,17H2,1-4H3/t3*20-,22+,23-,24-,25-,29+,30+,31-,32-;18-,20+,21-,22+,23+,26-,27-,28+,29+/m0001/s1. The molecule has 5 aromatic heterocycles. The molecule has 0 unspecified atom stereocenters. The molecule has 24 rings (SSSR count). The highest BCUT2D eigenvalue weighted by Gasteiger charge is 2.70. The molecule has 4 N–H and O–H groups in total. The fraction of sp³-hybridized carbons (Fsp3) is 0.776. The van der Waals surface area contributed by atoms with Gasteiger partial charge in [0, 0.05) is 59.7 Å². The van der Waals surface area contributed by atoms with Gasteiger partial charge in [-0.1, -0.05) is 114 Å². The number of aromatic nitrogens is 12. The number of aliphatic hydroxyl groups is 4. The second kappa shape index (κ2) is 38.8. The monoisotopic (exact) mass is 2030 g/mol. The maximum atomic E-state index is 14.3. The van der Waals surface area contributed by atoms with Gasteiger partial charge >= 0.3 is 0 Å². The highest BCUT2D eigenvalue weighted by Crippen LogP contribution is 2.76. The van der Waals surface area contributed by atoms with Crippen molar-refractivity contribution < 1.29 is 53.8 Å². The molecule has 16 aliphatic carbocycles. The van der Waals surface area contributed by atoms with Crippen LogP contribution in [0.5, 0.6) is 17.2 Å². The number of carbonyl (C=O) groups excluding carboxylic acids is 4. The molecule has 0 bridgehead atoms. The lowest BCUT2D eigenvalue weighted by Gasteiger charge is -2.61. The third-order valence-electron chi connectivity index (χ3n) is 48.1. The maximum Gasteiger partial charge on any atom is 0.160 e. The molecule has 0 radical (unpaired) electrons. The average molecular weight is 2030 g/mol. The number of nitrogens with zero attached hydrogens (tertiary/aromatic N) is 12. The minimum absolute atomic E-state index is 0.0462. The molecule has 8 aromatic rings. The van der Waals surface area contributed by atoms with E-state index in [2.05, 4.69) is 145 Å². The second-order valence-electron chi connectivity index (χ2n) is 57.1. The third kappa shape index (κ3) is 18.2. The quantitative estimate of drug-likeness (QED) is 0.0620. The van der Waals surface area contributed by atoms with Crippen LogP contribution in [0.4, 0.5) is 0 Å². The number of fused-ring (bicyclic) bond motifs is 24. The smallest absolute Gasteiger partial charge is 0.160 e. The molecule has 16 aliphatic rings. The van der Waals surface area contributed by atoms with Gasteiger partial charge in [0.05, 0.1) is 67.5 Å². The van der Waals surface area contributed by atoms with E-state index in [9.17, 15) is 39.6 Å². The van der Waals surface area contributed by atoms with Crippen molar-refractivity contribution in [3.05, 3.63) is 79.3 Å². The molecule has 23 heteroatoms. The van der Waals surface area contributed by atoms with Crippen molar-refractivity contribution in [2.75, 3.05) is 21.3 Å². The van der Waals surface area contributed by atoms with Crippen LogP contribution < -0.4 is 14.2 Å². The fourth-order valence-corrected chi connectivity index (χ4v) is 40.4. The summed E-state index contributed by atoms with van der Waals surface area (Å²) in [6.07, 6.45) is 42.0. The van der Waals surface area contributed by atoms with Gasteiger partial charge in [0.15, 0.2) is 23.1 Å². The van der Waals surface area contributed by atoms with E-state index < -0.39 is 22.4 Å². The van der Waals surface area contributed by atoms with Crippen LogP contribution in [0, 0.1) is 203 Å². The largest absolute Gasteiger partial charge is 0.497 e. The first kappa shape index (κ1) is 106. The number of ketones is 4. The molecule has 16 fully saturated rings. The predicted octanol–water partition coefficient (Wildman–Crippen LogP) is 24.6. The Hall–Kier alpha value is -7.60. The number of benzene rings is 3. The van der Waals surface area contributed by atoms with Gasteiger partial charge < -0.3 is 34.6 Å². The van der Waals surface area contributed by atoms with Crippen LogP contribution in [-0.4, -0.2) is 147 Å².